The Hall–Kier alpha value is -1.42. The minimum atomic E-state index is 0.414. The molecule has 5 aliphatic rings. The summed E-state index contributed by atoms with van der Waals surface area (Å²) in [7, 11) is 0. The number of amidine groups is 1. The summed E-state index contributed by atoms with van der Waals surface area (Å²) in [6, 6.07) is 1.12. The van der Waals surface area contributed by atoms with Gasteiger partial charge in [-0.25, -0.2) is 4.99 Å². The second kappa shape index (κ2) is 6.71. The lowest BCUT2D eigenvalue weighted by molar-refractivity contribution is 0.00749. The fourth-order valence-corrected chi connectivity index (χ4v) is 4.90. The fourth-order valence-electron chi connectivity index (χ4n) is 4.90. The molecule has 4 atom stereocenters. The maximum absolute atomic E-state index is 8.31. The van der Waals surface area contributed by atoms with Crippen molar-refractivity contribution in [3.63, 3.8) is 0 Å². The van der Waals surface area contributed by atoms with E-state index >= 15 is 0 Å². The molecule has 5 rings (SSSR count). The number of nitrogens with one attached hydrogen (secondary N) is 1. The van der Waals surface area contributed by atoms with Crippen molar-refractivity contribution in [3.8, 4) is 0 Å². The quantitative estimate of drug-likeness (QED) is 0.592. The van der Waals surface area contributed by atoms with Crippen molar-refractivity contribution in [3.05, 3.63) is 23.4 Å². The molecule has 4 heterocycles. The van der Waals surface area contributed by atoms with Crippen LogP contribution in [0.15, 0.2) is 28.4 Å². The van der Waals surface area contributed by atoms with Gasteiger partial charge >= 0.3 is 0 Å². The molecule has 1 aliphatic carbocycles. The smallest absolute Gasteiger partial charge is 0.109 e. The van der Waals surface area contributed by atoms with E-state index in [-0.39, 0.29) is 0 Å². The summed E-state index contributed by atoms with van der Waals surface area (Å²) >= 11 is 0. The van der Waals surface area contributed by atoms with Gasteiger partial charge in [-0.2, -0.15) is 0 Å². The molecule has 0 amide bonds. The van der Waals surface area contributed by atoms with Gasteiger partial charge < -0.3 is 15.0 Å². The zero-order valence-electron chi connectivity index (χ0n) is 15.8. The third-order valence-electron chi connectivity index (χ3n) is 6.50. The first-order valence-corrected chi connectivity index (χ1v) is 9.95. The van der Waals surface area contributed by atoms with Gasteiger partial charge in [0.15, 0.2) is 0 Å². The fraction of sp³-hybridized carbons (Fsp3) is 0.714. The van der Waals surface area contributed by atoms with Crippen molar-refractivity contribution < 1.29 is 4.74 Å². The van der Waals surface area contributed by atoms with Crippen molar-refractivity contribution in [2.75, 3.05) is 0 Å². The van der Waals surface area contributed by atoms with E-state index in [9.17, 15) is 0 Å². The number of ether oxygens (including phenoxy) is 1. The van der Waals surface area contributed by atoms with Gasteiger partial charge in [0.25, 0.3) is 0 Å². The molecule has 4 aliphatic heterocycles. The van der Waals surface area contributed by atoms with Crippen molar-refractivity contribution in [2.45, 2.75) is 90.0 Å². The topological polar surface area (TPSA) is 48.7 Å². The molecule has 4 nitrogen and oxygen atoms in total. The summed E-state index contributed by atoms with van der Waals surface area (Å²) in [5, 5.41) is 8.31. The summed E-state index contributed by atoms with van der Waals surface area (Å²) in [4.78, 5) is 7.55. The van der Waals surface area contributed by atoms with Crippen LogP contribution in [0.3, 0.4) is 0 Å². The van der Waals surface area contributed by atoms with Gasteiger partial charge in [0.05, 0.1) is 18.2 Å². The van der Waals surface area contributed by atoms with E-state index in [2.05, 4.69) is 37.8 Å². The van der Waals surface area contributed by atoms with Crippen molar-refractivity contribution >= 4 is 11.5 Å². The highest BCUT2D eigenvalue weighted by atomic mass is 16.5. The Kier molecular flexibility index (Phi) is 4.57. The molecule has 0 spiro atoms. The molecule has 4 unspecified atom stereocenters. The monoisotopic (exact) mass is 341 g/mol. The Morgan fingerprint density at radius 3 is 2.68 bits per heavy atom. The summed E-state index contributed by atoms with van der Waals surface area (Å²) in [5.74, 6) is 1.69. The molecule has 0 aromatic carbocycles. The Bertz CT molecular complexity index is 640. The molecule has 1 saturated carbocycles. The Labute approximate surface area is 151 Å². The minimum absolute atomic E-state index is 0.414. The zero-order chi connectivity index (χ0) is 17.6. The third-order valence-corrected chi connectivity index (χ3v) is 6.50. The average molecular weight is 341 g/mol. The predicted octanol–water partition coefficient (Wildman–Crippen LogP) is 4.47. The lowest BCUT2D eigenvalue weighted by Crippen LogP contribution is -2.46. The number of nitrogens with zero attached hydrogens (tertiary/aromatic N) is 2. The summed E-state index contributed by atoms with van der Waals surface area (Å²) < 4.78 is 6.13. The number of piperidine rings is 1. The molecular weight excluding hydrogens is 310 g/mol. The number of hydrogen-bond acceptors (Lipinski definition) is 3. The zero-order valence-corrected chi connectivity index (χ0v) is 15.8. The van der Waals surface area contributed by atoms with Crippen LogP contribution in [0.25, 0.3) is 0 Å². The predicted molar refractivity (Wildman–Crippen MR) is 102 cm³/mol. The molecule has 4 heteroatoms. The lowest BCUT2D eigenvalue weighted by atomic mass is 9.81. The van der Waals surface area contributed by atoms with Crippen LogP contribution in [-0.2, 0) is 4.74 Å². The summed E-state index contributed by atoms with van der Waals surface area (Å²) in [5.41, 5.74) is 3.16. The van der Waals surface area contributed by atoms with Gasteiger partial charge in [-0.05, 0) is 59.0 Å². The van der Waals surface area contributed by atoms with Crippen LogP contribution in [0.1, 0.15) is 65.7 Å². The molecule has 4 bridgehead atoms. The highest BCUT2D eigenvalue weighted by molar-refractivity contribution is 5.96. The number of rotatable bonds is 5. The molecule has 0 radical (unpaired) electrons. The largest absolute Gasteiger partial charge is 0.373 e. The van der Waals surface area contributed by atoms with Crippen LogP contribution in [0.2, 0.25) is 0 Å². The Morgan fingerprint density at radius 1 is 1.24 bits per heavy atom. The van der Waals surface area contributed by atoms with Crippen molar-refractivity contribution in [2.24, 2.45) is 10.9 Å². The van der Waals surface area contributed by atoms with Gasteiger partial charge in [-0.1, -0.05) is 18.1 Å². The molecule has 1 N–H and O–H groups in total. The standard InChI is InChI=1S/C21H31N3O/c1-4-14(3)23-21(9-13(2)8-18(22)15-6-5-7-15)24-16-10-17-12-19(24)20(11-16)25-17/h4,8,15-17,19-20,22H,5-7,9-12H2,1-3H3/b13-8-,14-4?,22-18?,23-21+. The van der Waals surface area contributed by atoms with Gasteiger partial charge in [-0.3, -0.25) is 0 Å². The molecule has 4 saturated heterocycles. The van der Waals surface area contributed by atoms with E-state index in [4.69, 9.17) is 15.1 Å². The minimum Gasteiger partial charge on any atom is -0.373 e. The van der Waals surface area contributed by atoms with Crippen LogP contribution in [0.4, 0.5) is 0 Å². The van der Waals surface area contributed by atoms with Crippen molar-refractivity contribution in [1.82, 2.24) is 4.90 Å². The normalized spacial score (nSPS) is 35.5. The average Bonchev–Trinajstić information content (AvgIpc) is 2.92. The van der Waals surface area contributed by atoms with Crippen LogP contribution in [0, 0.1) is 11.3 Å². The SMILES string of the molecule is CC=C(C)/N=C(\C/C(C)=C\C(=N)C1CCC1)N1C2CC3CC1C(C2)O3. The second-order valence-electron chi connectivity index (χ2n) is 8.34. The number of hydrogen-bond donors (Lipinski definition) is 1. The summed E-state index contributed by atoms with van der Waals surface area (Å²) in [6.07, 6.45) is 13.1. The first kappa shape index (κ1) is 17.0. The van der Waals surface area contributed by atoms with E-state index in [0.717, 1.165) is 37.1 Å². The van der Waals surface area contributed by atoms with Crippen LogP contribution < -0.4 is 0 Å². The highest BCUT2D eigenvalue weighted by Gasteiger charge is 2.54. The van der Waals surface area contributed by atoms with Gasteiger partial charge in [0, 0.05) is 29.8 Å². The van der Waals surface area contributed by atoms with Crippen LogP contribution >= 0.6 is 0 Å². The molecule has 0 aromatic heterocycles. The maximum atomic E-state index is 8.31. The first-order chi connectivity index (χ1) is 12.0. The lowest BCUT2D eigenvalue weighted by Gasteiger charge is -2.37. The van der Waals surface area contributed by atoms with E-state index in [0.29, 0.717) is 30.2 Å². The van der Waals surface area contributed by atoms with Gasteiger partial charge in [-0.15, -0.1) is 0 Å². The first-order valence-electron chi connectivity index (χ1n) is 9.95. The second-order valence-corrected chi connectivity index (χ2v) is 8.34. The van der Waals surface area contributed by atoms with E-state index in [1.165, 1.54) is 30.7 Å². The highest BCUT2D eigenvalue weighted by Crippen LogP contribution is 2.46. The third kappa shape index (κ3) is 3.21. The molecule has 136 valence electrons. The van der Waals surface area contributed by atoms with Gasteiger partial charge in [0.1, 0.15) is 5.84 Å². The van der Waals surface area contributed by atoms with E-state index in [1.54, 1.807) is 0 Å². The molecule has 5 fully saturated rings. The Balaban J connectivity index is 1.54. The van der Waals surface area contributed by atoms with Crippen LogP contribution in [-0.4, -0.2) is 40.7 Å². The van der Waals surface area contributed by atoms with Crippen molar-refractivity contribution in [1.29, 1.82) is 5.41 Å². The molecular formula is C21H31N3O. The number of allylic oxidation sites excluding steroid dienone is 3. The molecule has 0 aromatic rings. The van der Waals surface area contributed by atoms with E-state index < -0.39 is 0 Å². The van der Waals surface area contributed by atoms with Gasteiger partial charge in [0.2, 0.25) is 0 Å². The number of aliphatic imine (C=N–C) groups is 1. The molecule has 25 heavy (non-hydrogen) atoms. The van der Waals surface area contributed by atoms with Crippen LogP contribution in [0.5, 0.6) is 0 Å². The summed E-state index contributed by atoms with van der Waals surface area (Å²) in [6.45, 7) is 6.30. The Morgan fingerprint density at radius 2 is 2.04 bits per heavy atom. The van der Waals surface area contributed by atoms with E-state index in [1.807, 2.05) is 0 Å². The maximum Gasteiger partial charge on any atom is 0.109 e.